The fourth-order valence-electron chi connectivity index (χ4n) is 3.57. The Morgan fingerprint density at radius 2 is 1.80 bits per heavy atom. The van der Waals surface area contributed by atoms with Crippen LogP contribution in [0.5, 0.6) is 0 Å². The van der Waals surface area contributed by atoms with Crippen molar-refractivity contribution in [1.29, 1.82) is 5.26 Å². The summed E-state index contributed by atoms with van der Waals surface area (Å²) in [5.74, 6) is -1.42. The zero-order valence-corrected chi connectivity index (χ0v) is 20.5. The van der Waals surface area contributed by atoms with E-state index in [1.165, 1.54) is 29.2 Å². The van der Waals surface area contributed by atoms with Gasteiger partial charge in [0.1, 0.15) is 22.5 Å². The normalized spacial score (nSPS) is 16.7. The molecule has 176 valence electrons. The summed E-state index contributed by atoms with van der Waals surface area (Å²) < 4.78 is 13.6. The summed E-state index contributed by atoms with van der Waals surface area (Å²) in [6.07, 6.45) is 0.255. The largest absolute Gasteiger partial charge is 0.347 e. The van der Waals surface area contributed by atoms with E-state index in [4.69, 9.17) is 23.2 Å². The molecular weight excluding hydrogens is 508 g/mol. The molecule has 0 aliphatic carbocycles. The van der Waals surface area contributed by atoms with Crippen molar-refractivity contribution in [1.82, 2.24) is 5.32 Å². The third-order valence-corrected chi connectivity index (χ3v) is 7.16. The van der Waals surface area contributed by atoms with Crippen LogP contribution in [-0.4, -0.2) is 17.1 Å². The first-order valence-electron chi connectivity index (χ1n) is 10.5. The van der Waals surface area contributed by atoms with Gasteiger partial charge in [0, 0.05) is 22.3 Å². The third kappa shape index (κ3) is 5.68. The lowest BCUT2D eigenvalue weighted by atomic mass is 10.1. The predicted molar refractivity (Wildman–Crippen MR) is 136 cm³/mol. The first-order chi connectivity index (χ1) is 16.9. The second-order valence-electron chi connectivity index (χ2n) is 7.66. The Hall–Kier alpha value is -3.31. The summed E-state index contributed by atoms with van der Waals surface area (Å²) in [7, 11) is 0. The molecular formula is C26H18Cl2FN3O2S. The number of halogens is 3. The monoisotopic (exact) mass is 525 g/mol. The molecule has 0 radical (unpaired) electrons. The fraction of sp³-hybridized carbons (Fsp3) is 0.115. The van der Waals surface area contributed by atoms with Crippen molar-refractivity contribution in [3.05, 3.63) is 110 Å². The fourth-order valence-corrected chi connectivity index (χ4v) is 5.35. The number of nitrogens with zero attached hydrogens (tertiary/aromatic N) is 2. The summed E-state index contributed by atoms with van der Waals surface area (Å²) in [5, 5.41) is 13.0. The third-order valence-electron chi connectivity index (χ3n) is 5.31. The maximum Gasteiger partial charge on any atom is 0.264 e. The minimum Gasteiger partial charge on any atom is -0.347 e. The van der Waals surface area contributed by atoms with Crippen LogP contribution < -0.4 is 10.2 Å². The highest BCUT2D eigenvalue weighted by molar-refractivity contribution is 8.05. The molecule has 0 aromatic heterocycles. The Balaban J connectivity index is 1.68. The van der Waals surface area contributed by atoms with E-state index in [2.05, 4.69) is 5.32 Å². The Morgan fingerprint density at radius 1 is 1.09 bits per heavy atom. The van der Waals surface area contributed by atoms with Crippen molar-refractivity contribution in [2.75, 3.05) is 4.90 Å². The van der Waals surface area contributed by atoms with E-state index in [1.54, 1.807) is 18.2 Å². The van der Waals surface area contributed by atoms with Gasteiger partial charge in [-0.05, 0) is 53.9 Å². The molecule has 1 atom stereocenters. The predicted octanol–water partition coefficient (Wildman–Crippen LogP) is 5.88. The number of hydrogen-bond donors (Lipinski definition) is 1. The molecule has 1 saturated heterocycles. The van der Waals surface area contributed by atoms with Gasteiger partial charge >= 0.3 is 0 Å². The van der Waals surface area contributed by atoms with Crippen LogP contribution in [0.1, 0.15) is 11.1 Å². The standard InChI is InChI=1S/C26H18Cl2FN3O2S/c27-18-7-6-17(22(28)13-18)12-23-25(34)32(20-10-8-19(29)9-11-20)26(35-23)21(14-30)24(33)31-15-16-4-2-1-3-5-16/h1-11,13,23H,12,15H2,(H,31,33)/b26-21-/t23-/m1/s1. The SMILES string of the molecule is N#C/C(C(=O)NCc1ccccc1)=C1/S[C@H](Cc2ccc(Cl)cc2Cl)C(=O)N1c1ccc(F)cc1. The highest BCUT2D eigenvalue weighted by Gasteiger charge is 2.41. The lowest BCUT2D eigenvalue weighted by molar-refractivity contribution is -0.117. The first-order valence-corrected chi connectivity index (χ1v) is 12.2. The summed E-state index contributed by atoms with van der Waals surface area (Å²) in [4.78, 5) is 27.8. The van der Waals surface area contributed by atoms with Crippen molar-refractivity contribution >= 4 is 52.5 Å². The Labute approximate surface area is 216 Å². The van der Waals surface area contributed by atoms with E-state index in [1.807, 2.05) is 36.4 Å². The van der Waals surface area contributed by atoms with Gasteiger partial charge in [-0.15, -0.1) is 0 Å². The van der Waals surface area contributed by atoms with Gasteiger partial charge < -0.3 is 5.32 Å². The van der Waals surface area contributed by atoms with Crippen LogP contribution in [-0.2, 0) is 22.6 Å². The van der Waals surface area contributed by atoms with E-state index >= 15 is 0 Å². The molecule has 1 aliphatic heterocycles. The highest BCUT2D eigenvalue weighted by Crippen LogP contribution is 2.42. The van der Waals surface area contributed by atoms with Gasteiger partial charge in [0.05, 0.1) is 5.25 Å². The molecule has 0 saturated carbocycles. The van der Waals surface area contributed by atoms with Crippen molar-refractivity contribution < 1.29 is 14.0 Å². The topological polar surface area (TPSA) is 73.2 Å². The van der Waals surface area contributed by atoms with Crippen molar-refractivity contribution in [2.45, 2.75) is 18.2 Å². The Morgan fingerprint density at radius 3 is 2.46 bits per heavy atom. The van der Waals surface area contributed by atoms with Crippen molar-refractivity contribution in [3.8, 4) is 6.07 Å². The average molecular weight is 526 g/mol. The molecule has 0 spiro atoms. The molecule has 1 aliphatic rings. The number of nitriles is 1. The van der Waals surface area contributed by atoms with Crippen LogP contribution >= 0.6 is 35.0 Å². The second-order valence-corrected chi connectivity index (χ2v) is 9.69. The van der Waals surface area contributed by atoms with E-state index < -0.39 is 17.0 Å². The van der Waals surface area contributed by atoms with Crippen molar-refractivity contribution in [2.24, 2.45) is 0 Å². The van der Waals surface area contributed by atoms with Crippen LogP contribution in [0.15, 0.2) is 83.4 Å². The molecule has 9 heteroatoms. The molecule has 3 aromatic carbocycles. The summed E-state index contributed by atoms with van der Waals surface area (Å²) >= 11 is 13.4. The number of nitrogens with one attached hydrogen (secondary N) is 1. The Kier molecular flexibility index (Phi) is 7.76. The summed E-state index contributed by atoms with van der Waals surface area (Å²) in [5.41, 5.74) is 1.72. The summed E-state index contributed by atoms with van der Waals surface area (Å²) in [6, 6.07) is 21.5. The van der Waals surface area contributed by atoms with Crippen LogP contribution in [0.2, 0.25) is 10.0 Å². The number of rotatable bonds is 6. The van der Waals surface area contributed by atoms with Gasteiger partial charge in [-0.1, -0.05) is 71.4 Å². The van der Waals surface area contributed by atoms with Gasteiger partial charge in [0.2, 0.25) is 5.91 Å². The minimum absolute atomic E-state index is 0.185. The minimum atomic E-state index is -0.654. The molecule has 1 heterocycles. The van der Waals surface area contributed by atoms with Crippen molar-refractivity contribution in [3.63, 3.8) is 0 Å². The number of carbonyl (C=O) groups excluding carboxylic acids is 2. The number of carbonyl (C=O) groups is 2. The maximum absolute atomic E-state index is 13.6. The van der Waals surface area contributed by atoms with E-state index in [0.29, 0.717) is 21.3 Å². The number of benzene rings is 3. The lowest BCUT2D eigenvalue weighted by Gasteiger charge is -2.18. The molecule has 3 aromatic rings. The molecule has 2 amide bonds. The number of anilines is 1. The molecule has 4 rings (SSSR count). The highest BCUT2D eigenvalue weighted by atomic mass is 35.5. The number of thioether (sulfide) groups is 1. The van der Waals surface area contributed by atoms with Gasteiger partial charge in [-0.25, -0.2) is 4.39 Å². The number of hydrogen-bond acceptors (Lipinski definition) is 4. The van der Waals surface area contributed by atoms with Crippen LogP contribution in [0, 0.1) is 17.1 Å². The molecule has 35 heavy (non-hydrogen) atoms. The second kappa shape index (κ2) is 11.0. The molecule has 5 nitrogen and oxygen atoms in total. The van der Waals surface area contributed by atoms with Gasteiger partial charge in [-0.3, -0.25) is 14.5 Å². The maximum atomic E-state index is 13.6. The number of amides is 2. The van der Waals surface area contributed by atoms with E-state index in [-0.39, 0.29) is 29.5 Å². The summed E-state index contributed by atoms with van der Waals surface area (Å²) in [6.45, 7) is 0.219. The van der Waals surface area contributed by atoms with Crippen LogP contribution in [0.3, 0.4) is 0 Å². The zero-order chi connectivity index (χ0) is 24.9. The average Bonchev–Trinajstić information content (AvgIpc) is 3.16. The van der Waals surface area contributed by atoms with Gasteiger partial charge in [0.25, 0.3) is 5.91 Å². The zero-order valence-electron chi connectivity index (χ0n) is 18.2. The van der Waals surface area contributed by atoms with E-state index in [0.717, 1.165) is 17.3 Å². The van der Waals surface area contributed by atoms with E-state index in [9.17, 15) is 19.2 Å². The molecule has 0 unspecified atom stereocenters. The smallest absolute Gasteiger partial charge is 0.264 e. The molecule has 1 N–H and O–H groups in total. The van der Waals surface area contributed by atoms with Gasteiger partial charge in [0.15, 0.2) is 0 Å². The first kappa shape index (κ1) is 24.8. The quantitative estimate of drug-likeness (QED) is 0.322. The van der Waals surface area contributed by atoms with Crippen LogP contribution in [0.25, 0.3) is 0 Å². The molecule has 1 fully saturated rings. The Bertz CT molecular complexity index is 1340. The van der Waals surface area contributed by atoms with Crippen LogP contribution in [0.4, 0.5) is 10.1 Å². The van der Waals surface area contributed by atoms with Gasteiger partial charge in [-0.2, -0.15) is 5.26 Å². The lowest BCUT2D eigenvalue weighted by Crippen LogP contribution is -2.32. The molecule has 0 bridgehead atoms.